The lowest BCUT2D eigenvalue weighted by Gasteiger charge is -2.08. The van der Waals surface area contributed by atoms with E-state index in [0.29, 0.717) is 18.5 Å². The second-order valence-corrected chi connectivity index (χ2v) is 5.14. The number of hydrogen-bond acceptors (Lipinski definition) is 4. The Morgan fingerprint density at radius 3 is 2.74 bits per heavy atom. The molecule has 0 fully saturated rings. The number of fused-ring (bicyclic) bond motifs is 1. The van der Waals surface area contributed by atoms with E-state index in [1.54, 1.807) is 24.4 Å². The van der Waals surface area contributed by atoms with Gasteiger partial charge < -0.3 is 15.7 Å². The van der Waals surface area contributed by atoms with E-state index in [9.17, 15) is 9.59 Å². The fourth-order valence-electron chi connectivity index (χ4n) is 2.36. The van der Waals surface area contributed by atoms with Crippen molar-refractivity contribution in [1.82, 2.24) is 4.98 Å². The van der Waals surface area contributed by atoms with Crippen molar-refractivity contribution in [2.75, 3.05) is 10.6 Å². The van der Waals surface area contributed by atoms with Gasteiger partial charge in [0.05, 0.1) is 16.9 Å². The zero-order valence-electron chi connectivity index (χ0n) is 12.2. The van der Waals surface area contributed by atoms with Gasteiger partial charge in [-0.15, -0.1) is 0 Å². The average Bonchev–Trinajstić information content (AvgIpc) is 2.71. The number of carboxylic acids is 1. The fourth-order valence-corrected chi connectivity index (χ4v) is 2.36. The summed E-state index contributed by atoms with van der Waals surface area (Å²) in [4.78, 5) is 26.9. The van der Waals surface area contributed by atoms with Gasteiger partial charge in [0.15, 0.2) is 0 Å². The molecular weight excluding hydrogens is 294 g/mol. The minimum atomic E-state index is -0.957. The number of amides is 1. The van der Waals surface area contributed by atoms with Gasteiger partial charge in [-0.2, -0.15) is 0 Å². The summed E-state index contributed by atoms with van der Waals surface area (Å²) in [6, 6.07) is 10.1. The molecule has 1 aliphatic rings. The summed E-state index contributed by atoms with van der Waals surface area (Å²) in [6.45, 7) is 0. The number of nitrogens with one attached hydrogen (secondary N) is 2. The number of aromatic nitrogens is 1. The standard InChI is InChI=1S/C17H15N3O3/c21-15-8-5-12(16-14(20-15)2-1-9-18-16)10-19-13-6-3-11(4-7-13)17(22)23/h1-4,6-7,9-10,19H,5,8H2,(H,20,21)(H,22,23)/b12-10+. The van der Waals surface area contributed by atoms with Crippen LogP contribution in [0.2, 0.25) is 0 Å². The van der Waals surface area contributed by atoms with Crippen LogP contribution in [0, 0.1) is 0 Å². The Bertz CT molecular complexity index is 782. The van der Waals surface area contributed by atoms with Crippen LogP contribution in [0.5, 0.6) is 0 Å². The van der Waals surface area contributed by atoms with E-state index in [0.717, 1.165) is 17.0 Å². The lowest BCUT2D eigenvalue weighted by molar-refractivity contribution is -0.116. The second-order valence-electron chi connectivity index (χ2n) is 5.14. The van der Waals surface area contributed by atoms with E-state index in [1.165, 1.54) is 12.1 Å². The van der Waals surface area contributed by atoms with Crippen molar-refractivity contribution in [3.05, 3.63) is 60.1 Å². The lowest BCUT2D eigenvalue weighted by Crippen LogP contribution is -2.09. The molecule has 23 heavy (non-hydrogen) atoms. The molecule has 1 aromatic heterocycles. The highest BCUT2D eigenvalue weighted by molar-refractivity contribution is 5.97. The fraction of sp³-hybridized carbons (Fsp3) is 0.118. The summed E-state index contributed by atoms with van der Waals surface area (Å²) >= 11 is 0. The largest absolute Gasteiger partial charge is 0.478 e. The Morgan fingerprint density at radius 2 is 2.00 bits per heavy atom. The van der Waals surface area contributed by atoms with Crippen LogP contribution >= 0.6 is 0 Å². The number of aromatic carboxylic acids is 1. The van der Waals surface area contributed by atoms with E-state index < -0.39 is 5.97 Å². The van der Waals surface area contributed by atoms with Crippen molar-refractivity contribution < 1.29 is 14.7 Å². The molecule has 116 valence electrons. The van der Waals surface area contributed by atoms with Crippen LogP contribution in [0.4, 0.5) is 11.4 Å². The Kier molecular flexibility index (Phi) is 4.05. The Morgan fingerprint density at radius 1 is 1.22 bits per heavy atom. The molecule has 6 heteroatoms. The third-order valence-corrected chi connectivity index (χ3v) is 3.55. The van der Waals surface area contributed by atoms with Gasteiger partial charge in [0.25, 0.3) is 0 Å². The van der Waals surface area contributed by atoms with Gasteiger partial charge in [-0.05, 0) is 48.4 Å². The summed E-state index contributed by atoms with van der Waals surface area (Å²) in [5.74, 6) is -0.991. The van der Waals surface area contributed by atoms with Gasteiger partial charge in [0, 0.05) is 24.5 Å². The number of carbonyl (C=O) groups excluding carboxylic acids is 1. The van der Waals surface area contributed by atoms with E-state index in [-0.39, 0.29) is 11.5 Å². The molecule has 0 saturated carbocycles. The Balaban J connectivity index is 1.84. The van der Waals surface area contributed by atoms with Gasteiger partial charge >= 0.3 is 5.97 Å². The number of carbonyl (C=O) groups is 2. The topological polar surface area (TPSA) is 91.3 Å². The first-order valence-electron chi connectivity index (χ1n) is 7.17. The summed E-state index contributed by atoms with van der Waals surface area (Å²) in [7, 11) is 0. The highest BCUT2D eigenvalue weighted by Gasteiger charge is 2.17. The summed E-state index contributed by atoms with van der Waals surface area (Å²) in [5, 5.41) is 14.9. The number of benzene rings is 1. The molecule has 1 aliphatic heterocycles. The van der Waals surface area contributed by atoms with Crippen molar-refractivity contribution in [2.24, 2.45) is 0 Å². The Labute approximate surface area is 132 Å². The molecule has 1 amide bonds. The smallest absolute Gasteiger partial charge is 0.335 e. The SMILES string of the molecule is O=C1CC/C(=C\Nc2ccc(C(=O)O)cc2)c2ncccc2N1. The van der Waals surface area contributed by atoms with Crippen LogP contribution in [0.25, 0.3) is 5.57 Å². The normalized spacial score (nSPS) is 15.5. The predicted octanol–water partition coefficient (Wildman–Crippen LogP) is 2.97. The first-order chi connectivity index (χ1) is 11.1. The molecular formula is C17H15N3O3. The lowest BCUT2D eigenvalue weighted by atomic mass is 10.1. The summed E-state index contributed by atoms with van der Waals surface area (Å²) < 4.78 is 0. The molecule has 0 atom stereocenters. The number of hydrogen-bond donors (Lipinski definition) is 3. The number of pyridine rings is 1. The van der Waals surface area contributed by atoms with E-state index in [2.05, 4.69) is 15.6 Å². The molecule has 1 aromatic carbocycles. The molecule has 2 aromatic rings. The van der Waals surface area contributed by atoms with Crippen LogP contribution in [-0.4, -0.2) is 22.0 Å². The average molecular weight is 309 g/mol. The maximum atomic E-state index is 11.7. The van der Waals surface area contributed by atoms with Gasteiger partial charge in [0.1, 0.15) is 0 Å². The third-order valence-electron chi connectivity index (χ3n) is 3.55. The molecule has 2 heterocycles. The molecule has 0 saturated heterocycles. The van der Waals surface area contributed by atoms with Gasteiger partial charge in [-0.1, -0.05) is 0 Å². The second kappa shape index (κ2) is 6.31. The van der Waals surface area contributed by atoms with E-state index in [1.807, 2.05) is 12.3 Å². The van der Waals surface area contributed by atoms with Crippen LogP contribution in [0.3, 0.4) is 0 Å². The highest BCUT2D eigenvalue weighted by Crippen LogP contribution is 2.28. The molecule has 0 unspecified atom stereocenters. The van der Waals surface area contributed by atoms with Gasteiger partial charge in [-0.3, -0.25) is 9.78 Å². The van der Waals surface area contributed by atoms with Crippen molar-refractivity contribution in [1.29, 1.82) is 0 Å². The molecule has 0 spiro atoms. The number of nitrogens with zero attached hydrogens (tertiary/aromatic N) is 1. The molecule has 0 aliphatic carbocycles. The van der Waals surface area contributed by atoms with Gasteiger partial charge in [0.2, 0.25) is 5.91 Å². The van der Waals surface area contributed by atoms with Crippen LogP contribution in [0.1, 0.15) is 28.9 Å². The summed E-state index contributed by atoms with van der Waals surface area (Å²) in [5.41, 5.74) is 3.36. The highest BCUT2D eigenvalue weighted by atomic mass is 16.4. The summed E-state index contributed by atoms with van der Waals surface area (Å²) in [6.07, 6.45) is 4.46. The van der Waals surface area contributed by atoms with Crippen molar-refractivity contribution in [3.8, 4) is 0 Å². The van der Waals surface area contributed by atoms with Crippen LogP contribution in [0.15, 0.2) is 48.8 Å². The van der Waals surface area contributed by atoms with Gasteiger partial charge in [-0.25, -0.2) is 4.79 Å². The molecule has 6 nitrogen and oxygen atoms in total. The maximum Gasteiger partial charge on any atom is 0.335 e. The third kappa shape index (κ3) is 3.37. The quantitative estimate of drug-likeness (QED) is 0.811. The number of carboxylic acid groups (broad SMARTS) is 1. The first-order valence-corrected chi connectivity index (χ1v) is 7.17. The zero-order valence-corrected chi connectivity index (χ0v) is 12.2. The van der Waals surface area contributed by atoms with Crippen molar-refractivity contribution in [2.45, 2.75) is 12.8 Å². The minimum absolute atomic E-state index is 0.0338. The monoisotopic (exact) mass is 309 g/mol. The molecule has 3 rings (SSSR count). The minimum Gasteiger partial charge on any atom is -0.478 e. The molecule has 3 N–H and O–H groups in total. The number of anilines is 2. The maximum absolute atomic E-state index is 11.7. The zero-order chi connectivity index (χ0) is 16.2. The van der Waals surface area contributed by atoms with E-state index in [4.69, 9.17) is 5.11 Å². The predicted molar refractivity (Wildman–Crippen MR) is 87.1 cm³/mol. The molecule has 0 radical (unpaired) electrons. The molecule has 0 bridgehead atoms. The number of allylic oxidation sites excluding steroid dienone is 1. The first kappa shape index (κ1) is 14.8. The van der Waals surface area contributed by atoms with Crippen molar-refractivity contribution >= 4 is 28.8 Å². The van der Waals surface area contributed by atoms with Crippen molar-refractivity contribution in [3.63, 3.8) is 0 Å². The van der Waals surface area contributed by atoms with E-state index >= 15 is 0 Å². The number of rotatable bonds is 3. The Hall–Kier alpha value is -3.15. The van der Waals surface area contributed by atoms with Crippen LogP contribution in [-0.2, 0) is 4.79 Å². The van der Waals surface area contributed by atoms with Crippen LogP contribution < -0.4 is 10.6 Å².